The van der Waals surface area contributed by atoms with Gasteiger partial charge in [0, 0.05) is 21.8 Å². The third-order valence-electron chi connectivity index (χ3n) is 3.85. The molecule has 0 atom stereocenters. The number of benzene rings is 1. The second kappa shape index (κ2) is 5.37. The van der Waals surface area contributed by atoms with Gasteiger partial charge in [0.15, 0.2) is 0 Å². The van der Waals surface area contributed by atoms with E-state index in [0.717, 1.165) is 25.7 Å². The van der Waals surface area contributed by atoms with Gasteiger partial charge >= 0.3 is 0 Å². The Labute approximate surface area is 123 Å². The van der Waals surface area contributed by atoms with Gasteiger partial charge in [-0.3, -0.25) is 4.79 Å². The van der Waals surface area contributed by atoms with Crippen molar-refractivity contribution in [2.45, 2.75) is 50.0 Å². The minimum atomic E-state index is -3.76. The Bertz CT molecular complexity index is 634. The Balaban J connectivity index is 2.23. The quantitative estimate of drug-likeness (QED) is 0.872. The lowest BCUT2D eigenvalue weighted by Gasteiger charge is -2.25. The minimum absolute atomic E-state index is 0.0142. The van der Waals surface area contributed by atoms with E-state index in [0.29, 0.717) is 11.1 Å². The molecule has 1 aromatic carbocycles. The van der Waals surface area contributed by atoms with Crippen LogP contribution in [0, 0.1) is 6.92 Å². The molecule has 1 saturated carbocycles. The molecular weight excluding hydrogens is 298 g/mol. The predicted octanol–water partition coefficient (Wildman–Crippen LogP) is 2.99. The first kappa shape index (κ1) is 15.3. The second-order valence-electron chi connectivity index (χ2n) is 5.64. The van der Waals surface area contributed by atoms with Crippen molar-refractivity contribution in [3.05, 3.63) is 29.3 Å². The molecular formula is C14H18ClNO3S. The van der Waals surface area contributed by atoms with Crippen molar-refractivity contribution in [3.63, 3.8) is 0 Å². The van der Waals surface area contributed by atoms with Crippen LogP contribution in [0.1, 0.15) is 48.5 Å². The summed E-state index contributed by atoms with van der Waals surface area (Å²) in [5.74, 6) is -0.162. The molecule has 1 fully saturated rings. The molecule has 1 aliphatic carbocycles. The monoisotopic (exact) mass is 315 g/mol. The summed E-state index contributed by atoms with van der Waals surface area (Å²) in [6.45, 7) is 3.75. The molecule has 0 heterocycles. The van der Waals surface area contributed by atoms with Crippen molar-refractivity contribution in [2.24, 2.45) is 0 Å². The van der Waals surface area contributed by atoms with Gasteiger partial charge in [-0.05, 0) is 50.5 Å². The molecule has 20 heavy (non-hydrogen) atoms. The summed E-state index contributed by atoms with van der Waals surface area (Å²) in [7, 11) is 1.53. The lowest BCUT2D eigenvalue weighted by atomic mass is 9.99. The lowest BCUT2D eigenvalue weighted by molar-refractivity contribution is 0.0907. The first-order chi connectivity index (χ1) is 9.21. The molecule has 2 rings (SSSR count). The number of aryl methyl sites for hydroxylation is 1. The summed E-state index contributed by atoms with van der Waals surface area (Å²) >= 11 is 0. The van der Waals surface area contributed by atoms with Gasteiger partial charge in [-0.2, -0.15) is 0 Å². The maximum absolute atomic E-state index is 12.3. The van der Waals surface area contributed by atoms with Crippen LogP contribution in [-0.2, 0) is 9.05 Å². The fourth-order valence-electron chi connectivity index (χ4n) is 2.66. The van der Waals surface area contributed by atoms with Crippen LogP contribution < -0.4 is 5.32 Å². The Kier molecular flexibility index (Phi) is 4.12. The molecule has 0 aliphatic heterocycles. The van der Waals surface area contributed by atoms with E-state index < -0.39 is 9.05 Å². The van der Waals surface area contributed by atoms with Gasteiger partial charge in [0.2, 0.25) is 0 Å². The van der Waals surface area contributed by atoms with E-state index in [1.54, 1.807) is 6.92 Å². The molecule has 0 radical (unpaired) electrons. The fraction of sp³-hybridized carbons (Fsp3) is 0.500. The molecule has 1 amide bonds. The van der Waals surface area contributed by atoms with Gasteiger partial charge in [-0.25, -0.2) is 8.42 Å². The maximum atomic E-state index is 12.3. The van der Waals surface area contributed by atoms with Crippen molar-refractivity contribution in [1.82, 2.24) is 5.32 Å². The molecule has 0 saturated heterocycles. The lowest BCUT2D eigenvalue weighted by Crippen LogP contribution is -2.43. The fourth-order valence-corrected chi connectivity index (χ4v) is 3.50. The molecule has 1 aliphatic rings. The highest BCUT2D eigenvalue weighted by atomic mass is 35.7. The van der Waals surface area contributed by atoms with Crippen LogP contribution in [0.4, 0.5) is 0 Å². The maximum Gasteiger partial charge on any atom is 0.261 e. The molecule has 0 unspecified atom stereocenters. The van der Waals surface area contributed by atoms with Crippen molar-refractivity contribution in [3.8, 4) is 0 Å². The SMILES string of the molecule is Cc1cc(S(=O)(=O)Cl)ccc1C(=O)NC1(C)CCCC1. The van der Waals surface area contributed by atoms with Gasteiger partial charge in [0.05, 0.1) is 4.90 Å². The highest BCUT2D eigenvalue weighted by Gasteiger charge is 2.30. The molecule has 0 bridgehead atoms. The van der Waals surface area contributed by atoms with Crippen molar-refractivity contribution >= 4 is 25.6 Å². The number of hydrogen-bond acceptors (Lipinski definition) is 3. The van der Waals surface area contributed by atoms with Crippen molar-refractivity contribution < 1.29 is 13.2 Å². The molecule has 1 N–H and O–H groups in total. The first-order valence-electron chi connectivity index (χ1n) is 6.59. The Morgan fingerprint density at radius 1 is 1.30 bits per heavy atom. The van der Waals surface area contributed by atoms with E-state index in [2.05, 4.69) is 5.32 Å². The Morgan fingerprint density at radius 2 is 1.90 bits per heavy atom. The average Bonchev–Trinajstić information content (AvgIpc) is 2.74. The molecule has 0 spiro atoms. The number of carbonyl (C=O) groups excluding carboxylic acids is 1. The number of halogens is 1. The van der Waals surface area contributed by atoms with E-state index in [9.17, 15) is 13.2 Å². The van der Waals surface area contributed by atoms with Gasteiger partial charge < -0.3 is 5.32 Å². The summed E-state index contributed by atoms with van der Waals surface area (Å²) in [4.78, 5) is 12.3. The van der Waals surface area contributed by atoms with Crippen LogP contribution >= 0.6 is 10.7 Å². The van der Waals surface area contributed by atoms with Crippen LogP contribution in [0.15, 0.2) is 23.1 Å². The van der Waals surface area contributed by atoms with Gasteiger partial charge in [0.25, 0.3) is 15.0 Å². The van der Waals surface area contributed by atoms with Crippen LogP contribution in [0.3, 0.4) is 0 Å². The normalized spacial score (nSPS) is 17.9. The van der Waals surface area contributed by atoms with E-state index in [-0.39, 0.29) is 16.3 Å². The predicted molar refractivity (Wildman–Crippen MR) is 78.6 cm³/mol. The standard InChI is InChI=1S/C14H18ClNO3S/c1-10-9-11(20(15,18)19)5-6-12(10)13(17)16-14(2)7-3-4-8-14/h5-6,9H,3-4,7-8H2,1-2H3,(H,16,17). The van der Waals surface area contributed by atoms with E-state index in [4.69, 9.17) is 10.7 Å². The molecule has 0 aromatic heterocycles. The summed E-state index contributed by atoms with van der Waals surface area (Å²) in [6, 6.07) is 4.30. The third-order valence-corrected chi connectivity index (χ3v) is 5.20. The van der Waals surface area contributed by atoms with Crippen LogP contribution in [-0.4, -0.2) is 19.9 Å². The summed E-state index contributed by atoms with van der Waals surface area (Å²) in [5, 5.41) is 3.05. The number of rotatable bonds is 3. The summed E-state index contributed by atoms with van der Waals surface area (Å²) in [5.41, 5.74) is 0.939. The van der Waals surface area contributed by atoms with Gasteiger partial charge in [-0.1, -0.05) is 12.8 Å². The highest BCUT2D eigenvalue weighted by molar-refractivity contribution is 8.13. The Morgan fingerprint density at radius 3 is 2.40 bits per heavy atom. The second-order valence-corrected chi connectivity index (χ2v) is 8.20. The minimum Gasteiger partial charge on any atom is -0.347 e. The number of carbonyl (C=O) groups is 1. The zero-order chi connectivity index (χ0) is 15.0. The van der Waals surface area contributed by atoms with Gasteiger partial charge in [-0.15, -0.1) is 0 Å². The number of nitrogens with one attached hydrogen (secondary N) is 1. The molecule has 110 valence electrons. The topological polar surface area (TPSA) is 63.2 Å². The summed E-state index contributed by atoms with van der Waals surface area (Å²) in [6.07, 6.45) is 4.20. The Hall–Kier alpha value is -1.07. The number of amides is 1. The van der Waals surface area contributed by atoms with Gasteiger partial charge in [0.1, 0.15) is 0 Å². The van der Waals surface area contributed by atoms with E-state index in [1.165, 1.54) is 18.2 Å². The molecule has 1 aromatic rings. The zero-order valence-electron chi connectivity index (χ0n) is 11.6. The summed E-state index contributed by atoms with van der Waals surface area (Å²) < 4.78 is 22.5. The highest BCUT2D eigenvalue weighted by Crippen LogP contribution is 2.29. The number of hydrogen-bond donors (Lipinski definition) is 1. The first-order valence-corrected chi connectivity index (χ1v) is 8.90. The smallest absolute Gasteiger partial charge is 0.261 e. The molecule has 6 heteroatoms. The third kappa shape index (κ3) is 3.33. The van der Waals surface area contributed by atoms with Crippen LogP contribution in [0.5, 0.6) is 0 Å². The van der Waals surface area contributed by atoms with E-state index >= 15 is 0 Å². The average molecular weight is 316 g/mol. The molecule has 4 nitrogen and oxygen atoms in total. The largest absolute Gasteiger partial charge is 0.347 e. The van der Waals surface area contributed by atoms with E-state index in [1.807, 2.05) is 6.92 Å². The van der Waals surface area contributed by atoms with Crippen molar-refractivity contribution in [2.75, 3.05) is 0 Å². The van der Waals surface area contributed by atoms with Crippen LogP contribution in [0.25, 0.3) is 0 Å². The zero-order valence-corrected chi connectivity index (χ0v) is 13.1. The van der Waals surface area contributed by atoms with Crippen molar-refractivity contribution in [1.29, 1.82) is 0 Å². The van der Waals surface area contributed by atoms with Crippen LogP contribution in [0.2, 0.25) is 0 Å².